The molecule has 0 saturated carbocycles. The fourth-order valence-electron chi connectivity index (χ4n) is 2.94. The third-order valence-corrected chi connectivity index (χ3v) is 4.67. The highest BCUT2D eigenvalue weighted by Crippen LogP contribution is 2.32. The predicted octanol–water partition coefficient (Wildman–Crippen LogP) is 5.76. The van der Waals surface area contributed by atoms with Gasteiger partial charge in [0.15, 0.2) is 0 Å². The number of nitro benzene ring substituents is 1. The first-order valence-electron chi connectivity index (χ1n) is 8.57. The molecule has 0 spiro atoms. The number of nitro groups is 1. The number of furan rings is 1. The minimum atomic E-state index is -0.549. The molecule has 7 nitrogen and oxygen atoms in total. The van der Waals surface area contributed by atoms with Crippen molar-refractivity contribution in [3.05, 3.63) is 80.8 Å². The molecule has 142 valence electrons. The number of imidazole rings is 1. The van der Waals surface area contributed by atoms with Crippen LogP contribution >= 0.6 is 11.6 Å². The molecule has 1 N–H and O–H groups in total. The topological polar surface area (TPSA) is 109 Å². The number of allylic oxidation sites excluding steroid dienone is 1. The quantitative estimate of drug-likeness (QED) is 0.264. The van der Waals surface area contributed by atoms with E-state index in [9.17, 15) is 15.4 Å². The van der Waals surface area contributed by atoms with Crippen LogP contribution in [-0.2, 0) is 0 Å². The number of rotatable bonds is 4. The van der Waals surface area contributed by atoms with Gasteiger partial charge >= 0.3 is 0 Å². The highest BCUT2D eigenvalue weighted by molar-refractivity contribution is 6.32. The number of nitrogens with zero attached hydrogens (tertiary/aromatic N) is 3. The Balaban J connectivity index is 1.69. The zero-order chi connectivity index (χ0) is 20.5. The Morgan fingerprint density at radius 1 is 1.28 bits per heavy atom. The number of benzene rings is 2. The molecule has 0 unspecified atom stereocenters. The van der Waals surface area contributed by atoms with Crippen LogP contribution < -0.4 is 0 Å². The maximum atomic E-state index is 11.1. The molecule has 2 aromatic carbocycles. The van der Waals surface area contributed by atoms with E-state index < -0.39 is 4.92 Å². The van der Waals surface area contributed by atoms with E-state index in [1.54, 1.807) is 24.3 Å². The van der Waals surface area contributed by atoms with Crippen molar-refractivity contribution in [1.29, 1.82) is 5.26 Å². The van der Waals surface area contributed by atoms with E-state index in [-0.39, 0.29) is 10.7 Å². The van der Waals surface area contributed by atoms with Gasteiger partial charge in [0.2, 0.25) is 0 Å². The molecular formula is C21H13ClN4O3. The summed E-state index contributed by atoms with van der Waals surface area (Å²) in [5, 5.41) is 20.7. The summed E-state index contributed by atoms with van der Waals surface area (Å²) in [6.45, 7) is 1.98. The molecule has 0 radical (unpaired) electrons. The van der Waals surface area contributed by atoms with Gasteiger partial charge in [-0.05, 0) is 48.9 Å². The molecule has 29 heavy (non-hydrogen) atoms. The highest BCUT2D eigenvalue weighted by atomic mass is 35.5. The summed E-state index contributed by atoms with van der Waals surface area (Å²) in [7, 11) is 0. The van der Waals surface area contributed by atoms with E-state index in [1.807, 2.05) is 25.1 Å². The lowest BCUT2D eigenvalue weighted by Crippen LogP contribution is -1.89. The molecule has 0 aliphatic carbocycles. The summed E-state index contributed by atoms with van der Waals surface area (Å²) in [5.41, 5.74) is 3.31. The molecule has 4 aromatic rings. The fraction of sp³-hybridized carbons (Fsp3) is 0.0476. The Labute approximate surface area is 170 Å². The average Bonchev–Trinajstić information content (AvgIpc) is 3.32. The smallest absolute Gasteiger partial charge is 0.288 e. The zero-order valence-corrected chi connectivity index (χ0v) is 15.9. The third kappa shape index (κ3) is 3.61. The van der Waals surface area contributed by atoms with E-state index in [0.717, 1.165) is 16.6 Å². The van der Waals surface area contributed by atoms with Crippen molar-refractivity contribution in [3.63, 3.8) is 0 Å². The van der Waals surface area contributed by atoms with Crippen LogP contribution in [-0.4, -0.2) is 14.9 Å². The van der Waals surface area contributed by atoms with Gasteiger partial charge in [-0.1, -0.05) is 17.7 Å². The number of nitriles is 1. The SMILES string of the molecule is Cc1ccc2nc(/C(C#N)=C/c3ccc(-c4ccc(Cl)c([N+](=O)[O-])c4)o3)[nH]c2c1. The number of fused-ring (bicyclic) bond motifs is 1. The second-order valence-corrected chi connectivity index (χ2v) is 6.81. The number of halogens is 1. The number of aromatic amines is 1. The Morgan fingerprint density at radius 2 is 2.10 bits per heavy atom. The monoisotopic (exact) mass is 404 g/mol. The van der Waals surface area contributed by atoms with Gasteiger partial charge in [-0.3, -0.25) is 10.1 Å². The van der Waals surface area contributed by atoms with Crippen molar-refractivity contribution >= 4 is 40.0 Å². The van der Waals surface area contributed by atoms with Gasteiger partial charge in [-0.15, -0.1) is 0 Å². The molecule has 0 aliphatic rings. The second-order valence-electron chi connectivity index (χ2n) is 6.40. The molecule has 0 bridgehead atoms. The normalized spacial score (nSPS) is 11.6. The lowest BCUT2D eigenvalue weighted by Gasteiger charge is -1.99. The summed E-state index contributed by atoms with van der Waals surface area (Å²) in [4.78, 5) is 18.1. The number of aromatic nitrogens is 2. The fourth-order valence-corrected chi connectivity index (χ4v) is 3.12. The van der Waals surface area contributed by atoms with Gasteiger partial charge in [-0.25, -0.2) is 4.98 Å². The van der Waals surface area contributed by atoms with Crippen LogP contribution in [0, 0.1) is 28.4 Å². The second kappa shape index (κ2) is 7.26. The summed E-state index contributed by atoms with van der Waals surface area (Å²) in [5.74, 6) is 1.28. The van der Waals surface area contributed by atoms with Crippen molar-refractivity contribution < 1.29 is 9.34 Å². The molecular weight excluding hydrogens is 392 g/mol. The first kappa shape index (κ1) is 18.5. The maximum Gasteiger partial charge on any atom is 0.288 e. The van der Waals surface area contributed by atoms with Gasteiger partial charge in [0.05, 0.1) is 21.5 Å². The van der Waals surface area contributed by atoms with Gasteiger partial charge < -0.3 is 9.40 Å². The summed E-state index contributed by atoms with van der Waals surface area (Å²) in [6.07, 6.45) is 1.57. The number of H-pyrrole nitrogens is 1. The van der Waals surface area contributed by atoms with Gasteiger partial charge in [-0.2, -0.15) is 5.26 Å². The number of hydrogen-bond donors (Lipinski definition) is 1. The van der Waals surface area contributed by atoms with Crippen LogP contribution in [0.25, 0.3) is 34.0 Å². The molecule has 0 fully saturated rings. The number of nitrogens with one attached hydrogen (secondary N) is 1. The largest absolute Gasteiger partial charge is 0.457 e. The maximum absolute atomic E-state index is 11.1. The summed E-state index contributed by atoms with van der Waals surface area (Å²) < 4.78 is 5.76. The molecule has 0 atom stereocenters. The average molecular weight is 405 g/mol. The number of hydrogen-bond acceptors (Lipinski definition) is 5. The molecule has 4 rings (SSSR count). The molecule has 2 heterocycles. The molecule has 0 saturated heterocycles. The summed E-state index contributed by atoms with van der Waals surface area (Å²) >= 11 is 5.85. The molecule has 2 aromatic heterocycles. The Hall–Kier alpha value is -3.89. The van der Waals surface area contributed by atoms with E-state index >= 15 is 0 Å². The van der Waals surface area contributed by atoms with Crippen LogP contribution in [0.5, 0.6) is 0 Å². The molecule has 0 aliphatic heterocycles. The minimum absolute atomic E-state index is 0.0531. The van der Waals surface area contributed by atoms with Gasteiger partial charge in [0.25, 0.3) is 5.69 Å². The highest BCUT2D eigenvalue weighted by Gasteiger charge is 2.15. The third-order valence-electron chi connectivity index (χ3n) is 4.35. The molecule has 0 amide bonds. The number of aryl methyl sites for hydroxylation is 1. The summed E-state index contributed by atoms with van der Waals surface area (Å²) in [6, 6.07) is 15.7. The lowest BCUT2D eigenvalue weighted by atomic mass is 10.1. The van der Waals surface area contributed by atoms with Crippen LogP contribution in [0.3, 0.4) is 0 Å². The standard InChI is InChI=1S/C21H13ClN4O3/c1-12-2-6-17-18(8-12)25-21(24-17)14(11-23)9-15-4-7-20(29-15)13-3-5-16(22)19(10-13)26(27)28/h2-10H,1H3,(H,24,25)/b14-9+. The van der Waals surface area contributed by atoms with Gasteiger partial charge in [0, 0.05) is 17.7 Å². The Kier molecular flexibility index (Phi) is 4.63. The van der Waals surface area contributed by atoms with Crippen molar-refractivity contribution in [1.82, 2.24) is 9.97 Å². The van der Waals surface area contributed by atoms with E-state index in [0.29, 0.717) is 28.5 Å². The Bertz CT molecular complexity index is 1330. The van der Waals surface area contributed by atoms with Crippen LogP contribution in [0.2, 0.25) is 5.02 Å². The van der Waals surface area contributed by atoms with Crippen molar-refractivity contribution in [3.8, 4) is 17.4 Å². The Morgan fingerprint density at radius 3 is 2.86 bits per heavy atom. The minimum Gasteiger partial charge on any atom is -0.457 e. The lowest BCUT2D eigenvalue weighted by molar-refractivity contribution is -0.384. The van der Waals surface area contributed by atoms with Crippen LogP contribution in [0.1, 0.15) is 17.1 Å². The van der Waals surface area contributed by atoms with Crippen molar-refractivity contribution in [2.45, 2.75) is 6.92 Å². The van der Waals surface area contributed by atoms with Crippen LogP contribution in [0.4, 0.5) is 5.69 Å². The predicted molar refractivity (Wildman–Crippen MR) is 110 cm³/mol. The van der Waals surface area contributed by atoms with Crippen LogP contribution in [0.15, 0.2) is 52.9 Å². The van der Waals surface area contributed by atoms with Gasteiger partial charge in [0.1, 0.15) is 28.4 Å². The molecule has 8 heteroatoms. The zero-order valence-electron chi connectivity index (χ0n) is 15.1. The van der Waals surface area contributed by atoms with E-state index in [4.69, 9.17) is 16.0 Å². The first-order chi connectivity index (χ1) is 13.9. The van der Waals surface area contributed by atoms with Crippen molar-refractivity contribution in [2.24, 2.45) is 0 Å². The first-order valence-corrected chi connectivity index (χ1v) is 8.95. The van der Waals surface area contributed by atoms with E-state index in [1.165, 1.54) is 12.1 Å². The van der Waals surface area contributed by atoms with E-state index in [2.05, 4.69) is 16.0 Å². The van der Waals surface area contributed by atoms with Crippen molar-refractivity contribution in [2.75, 3.05) is 0 Å².